The molecule has 1 fully saturated rings. The number of thioether (sulfide) groups is 1. The number of nitrogens with zero attached hydrogens (tertiary/aromatic N) is 2. The molecule has 6 heteroatoms. The number of amides is 1. The number of carbonyl (C=O) groups excluding carboxylic acids is 1. The third kappa shape index (κ3) is 3.43. The SMILES string of the molecule is CC(NC(=O)C1(O)CCSCC1)c1ccccc1-n1cccn1. The number of benzene rings is 1. The summed E-state index contributed by atoms with van der Waals surface area (Å²) in [7, 11) is 0. The van der Waals surface area contributed by atoms with Crippen LogP contribution in [0, 0.1) is 0 Å². The lowest BCUT2D eigenvalue weighted by Gasteiger charge is -2.31. The molecule has 1 aliphatic heterocycles. The molecule has 2 N–H and O–H groups in total. The van der Waals surface area contributed by atoms with Crippen LogP contribution in [0.1, 0.15) is 31.4 Å². The maximum atomic E-state index is 12.5. The largest absolute Gasteiger partial charge is 0.380 e. The first-order valence-corrected chi connectivity index (χ1v) is 8.96. The van der Waals surface area contributed by atoms with E-state index in [2.05, 4.69) is 10.4 Å². The van der Waals surface area contributed by atoms with Gasteiger partial charge in [0.05, 0.1) is 11.7 Å². The van der Waals surface area contributed by atoms with Crippen LogP contribution in [0.2, 0.25) is 0 Å². The zero-order chi connectivity index (χ0) is 16.3. The fourth-order valence-electron chi connectivity index (χ4n) is 2.82. The zero-order valence-corrected chi connectivity index (χ0v) is 13.9. The van der Waals surface area contributed by atoms with Gasteiger partial charge in [0.2, 0.25) is 0 Å². The number of nitrogens with one attached hydrogen (secondary N) is 1. The van der Waals surface area contributed by atoms with Crippen LogP contribution in [0.25, 0.3) is 5.69 Å². The Morgan fingerprint density at radius 1 is 1.35 bits per heavy atom. The van der Waals surface area contributed by atoms with E-state index in [9.17, 15) is 9.90 Å². The van der Waals surface area contributed by atoms with Gasteiger partial charge in [-0.3, -0.25) is 4.79 Å². The fourth-order valence-corrected chi connectivity index (χ4v) is 3.99. The topological polar surface area (TPSA) is 67.2 Å². The van der Waals surface area contributed by atoms with Crippen molar-refractivity contribution in [1.82, 2.24) is 15.1 Å². The van der Waals surface area contributed by atoms with Gasteiger partial charge in [-0.25, -0.2) is 4.68 Å². The Morgan fingerprint density at radius 2 is 2.09 bits per heavy atom. The van der Waals surface area contributed by atoms with Crippen LogP contribution in [-0.4, -0.2) is 37.9 Å². The quantitative estimate of drug-likeness (QED) is 0.902. The van der Waals surface area contributed by atoms with E-state index >= 15 is 0 Å². The Balaban J connectivity index is 1.79. The normalized spacial score (nSPS) is 18.3. The Labute approximate surface area is 140 Å². The van der Waals surface area contributed by atoms with Gasteiger partial charge in [0.15, 0.2) is 0 Å². The predicted octanol–water partition coefficient (Wildman–Crippen LogP) is 2.31. The lowest BCUT2D eigenvalue weighted by molar-refractivity contribution is -0.141. The molecule has 1 atom stereocenters. The van der Waals surface area contributed by atoms with Crippen molar-refractivity contribution in [3.8, 4) is 5.69 Å². The van der Waals surface area contributed by atoms with Crippen LogP contribution in [0.5, 0.6) is 0 Å². The Hall–Kier alpha value is -1.79. The average molecular weight is 331 g/mol. The molecule has 2 heterocycles. The van der Waals surface area contributed by atoms with Gasteiger partial charge in [-0.1, -0.05) is 18.2 Å². The van der Waals surface area contributed by atoms with Gasteiger partial charge in [0.1, 0.15) is 5.60 Å². The third-order valence-electron chi connectivity index (χ3n) is 4.24. The van der Waals surface area contributed by atoms with Crippen LogP contribution in [0.3, 0.4) is 0 Å². The van der Waals surface area contributed by atoms with Crippen LogP contribution < -0.4 is 5.32 Å². The summed E-state index contributed by atoms with van der Waals surface area (Å²) in [6.45, 7) is 1.93. The van der Waals surface area contributed by atoms with Crippen molar-refractivity contribution in [2.45, 2.75) is 31.4 Å². The molecule has 0 bridgehead atoms. The minimum Gasteiger partial charge on any atom is -0.380 e. The molecule has 2 aromatic rings. The number of aliphatic hydroxyl groups is 1. The average Bonchev–Trinajstić information content (AvgIpc) is 3.10. The maximum absolute atomic E-state index is 12.5. The van der Waals surface area contributed by atoms with Crippen LogP contribution in [0.15, 0.2) is 42.7 Å². The van der Waals surface area contributed by atoms with Crippen LogP contribution >= 0.6 is 11.8 Å². The molecule has 5 nitrogen and oxygen atoms in total. The fraction of sp³-hybridized carbons (Fsp3) is 0.412. The number of carbonyl (C=O) groups is 1. The highest BCUT2D eigenvalue weighted by Gasteiger charge is 2.38. The first-order valence-electron chi connectivity index (χ1n) is 7.80. The predicted molar refractivity (Wildman–Crippen MR) is 91.6 cm³/mol. The highest BCUT2D eigenvalue weighted by Crippen LogP contribution is 2.28. The van der Waals surface area contributed by atoms with Crippen molar-refractivity contribution < 1.29 is 9.90 Å². The minimum atomic E-state index is -1.24. The van der Waals surface area contributed by atoms with E-state index in [-0.39, 0.29) is 11.9 Å². The summed E-state index contributed by atoms with van der Waals surface area (Å²) in [4.78, 5) is 12.5. The van der Waals surface area contributed by atoms with E-state index in [0.29, 0.717) is 12.8 Å². The van der Waals surface area contributed by atoms with Crippen LogP contribution in [-0.2, 0) is 4.79 Å². The highest BCUT2D eigenvalue weighted by atomic mass is 32.2. The van der Waals surface area contributed by atoms with Crippen molar-refractivity contribution >= 4 is 17.7 Å². The van der Waals surface area contributed by atoms with Crippen molar-refractivity contribution in [1.29, 1.82) is 0 Å². The van der Waals surface area contributed by atoms with E-state index in [4.69, 9.17) is 0 Å². The highest BCUT2D eigenvalue weighted by molar-refractivity contribution is 7.99. The minimum absolute atomic E-state index is 0.207. The number of hydrogen-bond acceptors (Lipinski definition) is 4. The molecule has 3 rings (SSSR count). The van der Waals surface area contributed by atoms with Crippen molar-refractivity contribution in [2.75, 3.05) is 11.5 Å². The molecule has 1 aliphatic rings. The molecule has 1 aromatic heterocycles. The third-order valence-corrected chi connectivity index (χ3v) is 5.23. The summed E-state index contributed by atoms with van der Waals surface area (Å²) in [5.74, 6) is 1.37. The summed E-state index contributed by atoms with van der Waals surface area (Å²) >= 11 is 1.78. The molecule has 0 spiro atoms. The Kier molecular flexibility index (Phi) is 4.73. The molecule has 1 unspecified atom stereocenters. The van der Waals surface area contributed by atoms with E-state index in [1.54, 1.807) is 22.6 Å². The number of rotatable bonds is 4. The van der Waals surface area contributed by atoms with Gasteiger partial charge < -0.3 is 10.4 Å². The Bertz CT molecular complexity index is 666. The molecule has 0 saturated carbocycles. The van der Waals surface area contributed by atoms with Gasteiger partial charge in [-0.2, -0.15) is 16.9 Å². The molecule has 1 aromatic carbocycles. The van der Waals surface area contributed by atoms with Gasteiger partial charge in [-0.05, 0) is 49.0 Å². The molecule has 122 valence electrons. The maximum Gasteiger partial charge on any atom is 0.252 e. The number of aromatic nitrogens is 2. The molecular formula is C17H21N3O2S. The second kappa shape index (κ2) is 6.76. The van der Waals surface area contributed by atoms with E-state index in [1.807, 2.05) is 43.5 Å². The van der Waals surface area contributed by atoms with E-state index < -0.39 is 5.60 Å². The number of para-hydroxylation sites is 1. The summed E-state index contributed by atoms with van der Waals surface area (Å²) in [6, 6.07) is 9.49. The molecule has 0 aliphatic carbocycles. The lowest BCUT2D eigenvalue weighted by Crippen LogP contribution is -2.49. The first-order chi connectivity index (χ1) is 11.1. The van der Waals surface area contributed by atoms with Gasteiger partial charge in [0, 0.05) is 12.4 Å². The van der Waals surface area contributed by atoms with Crippen molar-refractivity contribution in [3.05, 3.63) is 48.3 Å². The Morgan fingerprint density at radius 3 is 2.78 bits per heavy atom. The van der Waals surface area contributed by atoms with Gasteiger partial charge in [0.25, 0.3) is 5.91 Å². The van der Waals surface area contributed by atoms with E-state index in [0.717, 1.165) is 22.8 Å². The standard InChI is InChI=1S/C17H21N3O2S/c1-13(19-16(21)17(22)7-11-23-12-8-17)14-5-2-3-6-15(14)20-10-4-9-18-20/h2-6,9-10,13,22H,7-8,11-12H2,1H3,(H,19,21). The molecule has 23 heavy (non-hydrogen) atoms. The van der Waals surface area contributed by atoms with Crippen LogP contribution in [0.4, 0.5) is 0 Å². The first kappa shape index (κ1) is 16.1. The monoisotopic (exact) mass is 331 g/mol. The smallest absolute Gasteiger partial charge is 0.252 e. The second-order valence-electron chi connectivity index (χ2n) is 5.85. The van der Waals surface area contributed by atoms with Crippen molar-refractivity contribution in [3.63, 3.8) is 0 Å². The summed E-state index contributed by atoms with van der Waals surface area (Å²) in [6.07, 6.45) is 4.62. The molecular weight excluding hydrogens is 310 g/mol. The summed E-state index contributed by atoms with van der Waals surface area (Å²) in [5.41, 5.74) is 0.662. The lowest BCUT2D eigenvalue weighted by atomic mass is 9.94. The zero-order valence-electron chi connectivity index (χ0n) is 13.1. The molecule has 1 amide bonds. The van der Waals surface area contributed by atoms with Gasteiger partial charge >= 0.3 is 0 Å². The number of hydrogen-bond donors (Lipinski definition) is 2. The van der Waals surface area contributed by atoms with Crippen molar-refractivity contribution in [2.24, 2.45) is 0 Å². The molecule has 1 saturated heterocycles. The van der Waals surface area contributed by atoms with Gasteiger partial charge in [-0.15, -0.1) is 0 Å². The molecule has 0 radical (unpaired) electrons. The summed E-state index contributed by atoms with van der Waals surface area (Å²) in [5, 5.41) is 17.8. The van der Waals surface area contributed by atoms with E-state index in [1.165, 1.54) is 0 Å². The second-order valence-corrected chi connectivity index (χ2v) is 7.07. The summed E-state index contributed by atoms with van der Waals surface area (Å²) < 4.78 is 1.78.